The highest BCUT2D eigenvalue weighted by Crippen LogP contribution is 2.38. The predicted molar refractivity (Wildman–Crippen MR) is 145 cm³/mol. The summed E-state index contributed by atoms with van der Waals surface area (Å²) in [5, 5.41) is 5.93. The molecule has 0 aliphatic carbocycles. The molecular formula is C27H31N5O6S. The molecule has 5 rings (SSSR count). The van der Waals surface area contributed by atoms with Gasteiger partial charge in [0.05, 0.1) is 11.4 Å². The van der Waals surface area contributed by atoms with Gasteiger partial charge in [0.25, 0.3) is 5.88 Å². The first-order valence-corrected chi connectivity index (χ1v) is 14.5. The third kappa shape index (κ3) is 6.12. The Bertz CT molecular complexity index is 1520. The zero-order valence-electron chi connectivity index (χ0n) is 22.3. The molecule has 2 N–H and O–H groups in total. The second-order valence-corrected chi connectivity index (χ2v) is 12.3. The van der Waals surface area contributed by atoms with Gasteiger partial charge in [0.2, 0.25) is 5.91 Å². The van der Waals surface area contributed by atoms with Gasteiger partial charge in [-0.3, -0.25) is 4.79 Å². The minimum absolute atomic E-state index is 0.0390. The summed E-state index contributed by atoms with van der Waals surface area (Å²) in [7, 11) is -3.61. The van der Waals surface area contributed by atoms with Crippen molar-refractivity contribution in [3.05, 3.63) is 42.1 Å². The van der Waals surface area contributed by atoms with E-state index < -0.39 is 15.4 Å². The number of carbonyl (C=O) groups excluding carboxylic acids is 1. The van der Waals surface area contributed by atoms with E-state index in [1.165, 1.54) is 6.92 Å². The lowest BCUT2D eigenvalue weighted by Crippen LogP contribution is -2.39. The number of hydrogen-bond acceptors (Lipinski definition) is 10. The Hall–Kier alpha value is -3.77. The zero-order valence-corrected chi connectivity index (χ0v) is 23.1. The maximum atomic E-state index is 12.7. The molecule has 0 atom stereocenters. The zero-order chi connectivity index (χ0) is 27.8. The van der Waals surface area contributed by atoms with Crippen LogP contribution in [0.3, 0.4) is 0 Å². The second-order valence-electron chi connectivity index (χ2n) is 10.3. The third-order valence-electron chi connectivity index (χ3n) is 6.42. The van der Waals surface area contributed by atoms with E-state index in [4.69, 9.17) is 14.2 Å². The van der Waals surface area contributed by atoms with Crippen LogP contribution < -0.4 is 20.1 Å². The van der Waals surface area contributed by atoms with Crippen LogP contribution in [-0.2, 0) is 19.4 Å². The van der Waals surface area contributed by atoms with E-state index in [9.17, 15) is 13.2 Å². The van der Waals surface area contributed by atoms with Crippen molar-refractivity contribution < 1.29 is 27.4 Å². The van der Waals surface area contributed by atoms with E-state index in [0.29, 0.717) is 65.6 Å². The van der Waals surface area contributed by atoms with Gasteiger partial charge in [0.1, 0.15) is 23.8 Å². The molecule has 206 valence electrons. The number of hydrogen-bond donors (Lipinski definition) is 2. The molecule has 11 nitrogen and oxygen atoms in total. The second kappa shape index (κ2) is 10.4. The van der Waals surface area contributed by atoms with Gasteiger partial charge in [-0.05, 0) is 56.4 Å². The molecule has 1 fully saturated rings. The fourth-order valence-electron chi connectivity index (χ4n) is 4.61. The summed E-state index contributed by atoms with van der Waals surface area (Å²) in [6.45, 7) is 6.77. The molecule has 12 heteroatoms. The number of ether oxygens (including phenoxy) is 3. The Morgan fingerprint density at radius 3 is 2.56 bits per heavy atom. The summed E-state index contributed by atoms with van der Waals surface area (Å²) in [5.41, 5.74) is 1.88. The highest BCUT2D eigenvalue weighted by Gasteiger charge is 2.30. The van der Waals surface area contributed by atoms with Gasteiger partial charge < -0.3 is 24.8 Å². The van der Waals surface area contributed by atoms with Gasteiger partial charge in [0, 0.05) is 44.2 Å². The fourth-order valence-corrected chi connectivity index (χ4v) is 5.54. The maximum absolute atomic E-state index is 12.7. The standard InChI is InChI=1S/C27H31N5O6S/c1-16(33)29-24-13-21(19(14-28-24)20-6-7-22-25(31-20)37-15-27(2,3)38-22)30-23-8-5-18(17-9-11-36-12-10-17)26(32-23)39(4,34)35/h5-8,13-14,17H,9-12,15H2,1-4H3,(H2,28,29,30,32,33). The monoisotopic (exact) mass is 553 g/mol. The number of pyridine rings is 3. The summed E-state index contributed by atoms with van der Waals surface area (Å²) in [6.07, 6.45) is 4.20. The van der Waals surface area contributed by atoms with Crippen molar-refractivity contribution >= 4 is 33.1 Å². The number of nitrogens with zero attached hydrogens (tertiary/aromatic N) is 3. The number of sulfone groups is 1. The largest absolute Gasteiger partial charge is 0.479 e. The van der Waals surface area contributed by atoms with Crippen molar-refractivity contribution in [3.63, 3.8) is 0 Å². The van der Waals surface area contributed by atoms with Crippen LogP contribution in [-0.4, -0.2) is 61.0 Å². The van der Waals surface area contributed by atoms with Crippen molar-refractivity contribution in [3.8, 4) is 22.9 Å². The first kappa shape index (κ1) is 26.8. The van der Waals surface area contributed by atoms with Gasteiger partial charge in [-0.15, -0.1) is 0 Å². The lowest BCUT2D eigenvalue weighted by molar-refractivity contribution is -0.114. The fraction of sp³-hybridized carbons (Fsp3) is 0.407. The van der Waals surface area contributed by atoms with Crippen LogP contribution in [0.25, 0.3) is 11.3 Å². The molecule has 0 bridgehead atoms. The lowest BCUT2D eigenvalue weighted by Gasteiger charge is -2.31. The number of fused-ring (bicyclic) bond motifs is 1. The van der Waals surface area contributed by atoms with Crippen LogP contribution in [0.15, 0.2) is 41.6 Å². The van der Waals surface area contributed by atoms with Crippen molar-refractivity contribution in [1.29, 1.82) is 0 Å². The van der Waals surface area contributed by atoms with Crippen LogP contribution in [0.1, 0.15) is 45.1 Å². The Kier molecular flexibility index (Phi) is 7.17. The van der Waals surface area contributed by atoms with Crippen LogP contribution in [0.4, 0.5) is 17.3 Å². The van der Waals surface area contributed by atoms with Gasteiger partial charge in [-0.2, -0.15) is 0 Å². The van der Waals surface area contributed by atoms with E-state index in [1.807, 2.05) is 13.8 Å². The molecule has 0 spiro atoms. The van der Waals surface area contributed by atoms with Crippen LogP contribution in [0.5, 0.6) is 11.6 Å². The van der Waals surface area contributed by atoms with E-state index in [0.717, 1.165) is 19.1 Å². The van der Waals surface area contributed by atoms with Gasteiger partial charge in [-0.1, -0.05) is 6.07 Å². The Morgan fingerprint density at radius 1 is 1.08 bits per heavy atom. The minimum Gasteiger partial charge on any atom is -0.479 e. The molecule has 0 saturated carbocycles. The summed E-state index contributed by atoms with van der Waals surface area (Å²) >= 11 is 0. The number of amides is 1. The molecule has 2 aliphatic rings. The van der Waals surface area contributed by atoms with Crippen LogP contribution in [0, 0.1) is 0 Å². The predicted octanol–water partition coefficient (Wildman–Crippen LogP) is 4.09. The average Bonchev–Trinajstić information content (AvgIpc) is 2.88. The quantitative estimate of drug-likeness (QED) is 0.458. The summed E-state index contributed by atoms with van der Waals surface area (Å²) < 4.78 is 42.7. The third-order valence-corrected chi connectivity index (χ3v) is 7.45. The highest BCUT2D eigenvalue weighted by atomic mass is 32.2. The summed E-state index contributed by atoms with van der Waals surface area (Å²) in [6, 6.07) is 8.77. The molecule has 0 radical (unpaired) electrons. The summed E-state index contributed by atoms with van der Waals surface area (Å²) in [5.74, 6) is 1.32. The Morgan fingerprint density at radius 2 is 1.85 bits per heavy atom. The Balaban J connectivity index is 1.54. The SMILES string of the molecule is CC(=O)Nc1cc(Nc2ccc(C3CCOCC3)c(S(C)(=O)=O)n2)c(-c2ccc3c(n2)OCC(C)(C)O3)cn1. The Labute approximate surface area is 227 Å². The molecule has 3 aromatic rings. The molecule has 0 aromatic carbocycles. The number of anilines is 3. The van der Waals surface area contributed by atoms with E-state index in [2.05, 4.69) is 25.6 Å². The lowest BCUT2D eigenvalue weighted by atomic mass is 9.93. The van der Waals surface area contributed by atoms with Gasteiger partial charge in [0.15, 0.2) is 20.6 Å². The van der Waals surface area contributed by atoms with Crippen molar-refractivity contribution in [2.45, 2.75) is 50.2 Å². The molecule has 39 heavy (non-hydrogen) atoms. The smallest absolute Gasteiger partial charge is 0.257 e. The summed E-state index contributed by atoms with van der Waals surface area (Å²) in [4.78, 5) is 25.2. The maximum Gasteiger partial charge on any atom is 0.257 e. The number of nitrogens with one attached hydrogen (secondary N) is 2. The average molecular weight is 554 g/mol. The van der Waals surface area contributed by atoms with Crippen LogP contribution in [0.2, 0.25) is 0 Å². The first-order chi connectivity index (χ1) is 18.5. The molecular weight excluding hydrogens is 522 g/mol. The first-order valence-electron chi connectivity index (χ1n) is 12.7. The van der Waals surface area contributed by atoms with Gasteiger partial charge in [-0.25, -0.2) is 23.4 Å². The normalized spacial score (nSPS) is 16.9. The van der Waals surface area contributed by atoms with Crippen LogP contribution >= 0.6 is 0 Å². The van der Waals surface area contributed by atoms with E-state index in [1.54, 1.807) is 36.5 Å². The molecule has 2 aliphatic heterocycles. The van der Waals surface area contributed by atoms with Crippen molar-refractivity contribution in [2.24, 2.45) is 0 Å². The molecule has 3 aromatic heterocycles. The molecule has 1 saturated heterocycles. The number of aromatic nitrogens is 3. The van der Waals surface area contributed by atoms with Crippen molar-refractivity contribution in [1.82, 2.24) is 15.0 Å². The van der Waals surface area contributed by atoms with E-state index in [-0.39, 0.29) is 16.9 Å². The van der Waals surface area contributed by atoms with Crippen molar-refractivity contribution in [2.75, 3.05) is 36.7 Å². The molecule has 0 unspecified atom stereocenters. The van der Waals surface area contributed by atoms with E-state index >= 15 is 0 Å². The molecule has 1 amide bonds. The number of carbonyl (C=O) groups is 1. The topological polar surface area (TPSA) is 142 Å². The highest BCUT2D eigenvalue weighted by molar-refractivity contribution is 7.90. The minimum atomic E-state index is -3.61. The molecule has 5 heterocycles. The number of rotatable bonds is 6. The van der Waals surface area contributed by atoms with Gasteiger partial charge >= 0.3 is 0 Å².